The predicted octanol–water partition coefficient (Wildman–Crippen LogP) is 4.96. The van der Waals surface area contributed by atoms with Crippen molar-refractivity contribution >= 4 is 23.4 Å². The number of hydrogen-bond donors (Lipinski definition) is 0. The minimum atomic E-state index is 0.521. The Balaban J connectivity index is 1.50. The second-order valence-electron chi connectivity index (χ2n) is 5.72. The van der Waals surface area contributed by atoms with Gasteiger partial charge in [-0.3, -0.25) is 0 Å². The summed E-state index contributed by atoms with van der Waals surface area (Å²) in [5, 5.41) is 14.2. The van der Waals surface area contributed by atoms with Gasteiger partial charge in [0, 0.05) is 22.7 Å². The second-order valence-corrected chi connectivity index (χ2v) is 7.10. The van der Waals surface area contributed by atoms with E-state index in [-0.39, 0.29) is 0 Å². The van der Waals surface area contributed by atoms with Gasteiger partial charge < -0.3 is 9.09 Å². The summed E-state index contributed by atoms with van der Waals surface area (Å²) in [5.74, 6) is 2.46. The number of halogens is 1. The molecule has 0 saturated carbocycles. The third-order valence-corrected chi connectivity index (χ3v) is 5.16. The molecule has 0 unspecified atom stereocenters. The topological polar surface area (TPSA) is 69.6 Å². The molecular formula is C19H16ClN5OS. The van der Waals surface area contributed by atoms with Crippen LogP contribution in [-0.4, -0.2) is 24.9 Å². The Kier molecular flexibility index (Phi) is 5.22. The van der Waals surface area contributed by atoms with Crippen molar-refractivity contribution in [3.05, 3.63) is 65.5 Å². The molecule has 0 bridgehead atoms. The van der Waals surface area contributed by atoms with Crippen LogP contribution in [0.1, 0.15) is 12.8 Å². The van der Waals surface area contributed by atoms with Crippen molar-refractivity contribution in [3.63, 3.8) is 0 Å². The van der Waals surface area contributed by atoms with E-state index in [0.29, 0.717) is 22.5 Å². The molecule has 0 aliphatic heterocycles. The van der Waals surface area contributed by atoms with Crippen LogP contribution in [0.3, 0.4) is 0 Å². The van der Waals surface area contributed by atoms with E-state index in [2.05, 4.69) is 31.8 Å². The van der Waals surface area contributed by atoms with E-state index >= 15 is 0 Å². The molecule has 2 aromatic heterocycles. The van der Waals surface area contributed by atoms with Gasteiger partial charge >= 0.3 is 0 Å². The normalized spacial score (nSPS) is 11.0. The van der Waals surface area contributed by atoms with E-state index in [9.17, 15) is 0 Å². The SMILES string of the molecule is CCn1c(SCc2nc(-c3ccc(Cl)cc3)no2)nnc1-c1ccccc1. The molecule has 0 amide bonds. The number of nitrogens with zero attached hydrogens (tertiary/aromatic N) is 5. The van der Waals surface area contributed by atoms with E-state index in [1.54, 1.807) is 12.1 Å². The molecule has 0 saturated heterocycles. The molecule has 4 rings (SSSR count). The number of hydrogen-bond acceptors (Lipinski definition) is 6. The van der Waals surface area contributed by atoms with Crippen LogP contribution in [0.5, 0.6) is 0 Å². The van der Waals surface area contributed by atoms with Gasteiger partial charge in [-0.15, -0.1) is 10.2 Å². The highest BCUT2D eigenvalue weighted by molar-refractivity contribution is 7.98. The molecule has 0 N–H and O–H groups in total. The first kappa shape index (κ1) is 17.8. The molecule has 136 valence electrons. The lowest BCUT2D eigenvalue weighted by Gasteiger charge is -2.06. The first-order valence-electron chi connectivity index (χ1n) is 8.44. The van der Waals surface area contributed by atoms with Crippen molar-refractivity contribution in [1.82, 2.24) is 24.9 Å². The van der Waals surface area contributed by atoms with Crippen LogP contribution in [0.2, 0.25) is 5.02 Å². The Morgan fingerprint density at radius 1 is 1.00 bits per heavy atom. The molecule has 4 aromatic rings. The molecule has 0 fully saturated rings. The van der Waals surface area contributed by atoms with E-state index in [1.807, 2.05) is 42.5 Å². The minimum absolute atomic E-state index is 0.521. The van der Waals surface area contributed by atoms with Crippen LogP contribution in [0, 0.1) is 0 Å². The van der Waals surface area contributed by atoms with E-state index in [0.717, 1.165) is 28.7 Å². The van der Waals surface area contributed by atoms with Crippen LogP contribution in [0.4, 0.5) is 0 Å². The van der Waals surface area contributed by atoms with E-state index in [1.165, 1.54) is 11.8 Å². The highest BCUT2D eigenvalue weighted by atomic mass is 35.5. The fourth-order valence-corrected chi connectivity index (χ4v) is 3.60. The molecule has 2 aromatic carbocycles. The van der Waals surface area contributed by atoms with Crippen molar-refractivity contribution < 1.29 is 4.52 Å². The Labute approximate surface area is 165 Å². The molecule has 0 spiro atoms. The maximum absolute atomic E-state index is 5.91. The molecule has 6 nitrogen and oxygen atoms in total. The molecule has 0 atom stereocenters. The smallest absolute Gasteiger partial charge is 0.237 e. The summed E-state index contributed by atoms with van der Waals surface area (Å²) in [7, 11) is 0. The summed E-state index contributed by atoms with van der Waals surface area (Å²) in [4.78, 5) is 4.45. The summed E-state index contributed by atoms with van der Waals surface area (Å²) < 4.78 is 7.44. The van der Waals surface area contributed by atoms with Crippen LogP contribution in [0.15, 0.2) is 64.3 Å². The molecule has 2 heterocycles. The van der Waals surface area contributed by atoms with Gasteiger partial charge in [-0.2, -0.15) is 4.98 Å². The van der Waals surface area contributed by atoms with Gasteiger partial charge in [0.2, 0.25) is 11.7 Å². The van der Waals surface area contributed by atoms with Crippen molar-refractivity contribution in [1.29, 1.82) is 0 Å². The lowest BCUT2D eigenvalue weighted by molar-refractivity contribution is 0.391. The quantitative estimate of drug-likeness (QED) is 0.428. The fourth-order valence-electron chi connectivity index (χ4n) is 2.64. The molecule has 0 radical (unpaired) electrons. The zero-order valence-electron chi connectivity index (χ0n) is 14.5. The lowest BCUT2D eigenvalue weighted by atomic mass is 10.2. The average molecular weight is 398 g/mol. The van der Waals surface area contributed by atoms with Gasteiger partial charge in [0.15, 0.2) is 11.0 Å². The number of benzene rings is 2. The first-order valence-corrected chi connectivity index (χ1v) is 9.81. The lowest BCUT2D eigenvalue weighted by Crippen LogP contribution is -1.99. The maximum atomic E-state index is 5.91. The molecule has 8 heteroatoms. The number of thioether (sulfide) groups is 1. The minimum Gasteiger partial charge on any atom is -0.338 e. The van der Waals surface area contributed by atoms with Crippen LogP contribution in [-0.2, 0) is 12.3 Å². The van der Waals surface area contributed by atoms with Gasteiger partial charge in [-0.25, -0.2) is 0 Å². The average Bonchev–Trinajstić information content (AvgIpc) is 3.34. The number of aromatic nitrogens is 5. The van der Waals surface area contributed by atoms with Gasteiger partial charge in [-0.1, -0.05) is 58.9 Å². The van der Waals surface area contributed by atoms with E-state index in [4.69, 9.17) is 16.1 Å². The Hall–Kier alpha value is -2.64. The summed E-state index contributed by atoms with van der Waals surface area (Å²) in [6, 6.07) is 17.4. The number of rotatable bonds is 6. The summed E-state index contributed by atoms with van der Waals surface area (Å²) >= 11 is 7.44. The largest absolute Gasteiger partial charge is 0.338 e. The van der Waals surface area contributed by atoms with Crippen molar-refractivity contribution in [2.75, 3.05) is 0 Å². The van der Waals surface area contributed by atoms with Gasteiger partial charge in [-0.05, 0) is 31.2 Å². The monoisotopic (exact) mass is 397 g/mol. The molecule has 27 heavy (non-hydrogen) atoms. The molecular weight excluding hydrogens is 382 g/mol. The Morgan fingerprint density at radius 2 is 1.78 bits per heavy atom. The fraction of sp³-hybridized carbons (Fsp3) is 0.158. The van der Waals surface area contributed by atoms with Crippen molar-refractivity contribution in [3.8, 4) is 22.8 Å². The first-order chi connectivity index (χ1) is 13.2. The van der Waals surface area contributed by atoms with Crippen LogP contribution >= 0.6 is 23.4 Å². The third-order valence-electron chi connectivity index (χ3n) is 3.96. The highest BCUT2D eigenvalue weighted by Crippen LogP contribution is 2.27. The van der Waals surface area contributed by atoms with Crippen LogP contribution in [0.25, 0.3) is 22.8 Å². The van der Waals surface area contributed by atoms with Gasteiger partial charge in [0.25, 0.3) is 0 Å². The summed E-state index contributed by atoms with van der Waals surface area (Å²) in [6.45, 7) is 2.85. The van der Waals surface area contributed by atoms with Gasteiger partial charge in [0.1, 0.15) is 0 Å². The van der Waals surface area contributed by atoms with Crippen molar-refractivity contribution in [2.24, 2.45) is 0 Å². The summed E-state index contributed by atoms with van der Waals surface area (Å²) in [6.07, 6.45) is 0. The van der Waals surface area contributed by atoms with Crippen LogP contribution < -0.4 is 0 Å². The zero-order valence-corrected chi connectivity index (χ0v) is 16.1. The maximum Gasteiger partial charge on any atom is 0.237 e. The highest BCUT2D eigenvalue weighted by Gasteiger charge is 2.15. The molecule has 0 aliphatic rings. The Bertz CT molecular complexity index is 1030. The van der Waals surface area contributed by atoms with Gasteiger partial charge in [0.05, 0.1) is 5.75 Å². The predicted molar refractivity (Wildman–Crippen MR) is 105 cm³/mol. The van der Waals surface area contributed by atoms with E-state index < -0.39 is 0 Å². The second kappa shape index (κ2) is 7.94. The third kappa shape index (κ3) is 3.89. The van der Waals surface area contributed by atoms with Crippen molar-refractivity contribution in [2.45, 2.75) is 24.4 Å². The Morgan fingerprint density at radius 3 is 2.52 bits per heavy atom. The standard InChI is InChI=1S/C19H16ClN5OS/c1-2-25-18(14-6-4-3-5-7-14)22-23-19(25)27-12-16-21-17(24-26-16)13-8-10-15(20)11-9-13/h3-11H,2,12H2,1H3. The zero-order chi connectivity index (χ0) is 18.6. The summed E-state index contributed by atoms with van der Waals surface area (Å²) in [5.41, 5.74) is 1.91. The molecule has 0 aliphatic carbocycles.